The summed E-state index contributed by atoms with van der Waals surface area (Å²) in [6, 6.07) is 8.78. The third-order valence-corrected chi connectivity index (χ3v) is 3.33. The van der Waals surface area contributed by atoms with Crippen molar-refractivity contribution in [1.82, 2.24) is 10.1 Å². The van der Waals surface area contributed by atoms with Crippen LogP contribution in [0.3, 0.4) is 0 Å². The molecule has 20 heavy (non-hydrogen) atoms. The minimum Gasteiger partial charge on any atom is -0.361 e. The summed E-state index contributed by atoms with van der Waals surface area (Å²) in [6.07, 6.45) is 1.87. The van der Waals surface area contributed by atoms with E-state index in [1.807, 2.05) is 0 Å². The van der Waals surface area contributed by atoms with E-state index in [9.17, 15) is 0 Å². The Morgan fingerprint density at radius 2 is 2.00 bits per heavy atom. The van der Waals surface area contributed by atoms with Crippen molar-refractivity contribution in [3.8, 4) is 0 Å². The number of aromatic nitrogens is 2. The zero-order chi connectivity index (χ0) is 14.5. The predicted molar refractivity (Wildman–Crippen MR) is 80.8 cm³/mol. The van der Waals surface area contributed by atoms with Crippen molar-refractivity contribution in [2.45, 2.75) is 53.1 Å². The van der Waals surface area contributed by atoms with E-state index in [4.69, 9.17) is 4.52 Å². The van der Waals surface area contributed by atoms with Crippen molar-refractivity contribution in [2.24, 2.45) is 0 Å². The molecule has 0 atom stereocenters. The van der Waals surface area contributed by atoms with Gasteiger partial charge in [0.25, 0.3) is 0 Å². The summed E-state index contributed by atoms with van der Waals surface area (Å²) in [5.74, 6) is 1.49. The van der Waals surface area contributed by atoms with Crippen LogP contribution in [0.4, 0.5) is 5.69 Å². The lowest BCUT2D eigenvalue weighted by atomic mass is 10.1. The van der Waals surface area contributed by atoms with E-state index in [-0.39, 0.29) is 0 Å². The van der Waals surface area contributed by atoms with Crippen LogP contribution in [-0.2, 0) is 13.0 Å². The van der Waals surface area contributed by atoms with Gasteiger partial charge in [-0.3, -0.25) is 0 Å². The molecular weight excluding hydrogens is 250 g/mol. The molecule has 2 rings (SSSR count). The van der Waals surface area contributed by atoms with Crippen LogP contribution in [0.15, 0.2) is 28.8 Å². The van der Waals surface area contributed by atoms with Crippen LogP contribution in [0, 0.1) is 6.92 Å². The minimum absolute atomic E-state index is 0.379. The minimum atomic E-state index is 0.379. The van der Waals surface area contributed by atoms with Gasteiger partial charge in [0.2, 0.25) is 5.89 Å². The number of benzene rings is 1. The number of anilines is 1. The molecule has 0 radical (unpaired) electrons. The molecule has 0 fully saturated rings. The Bertz CT molecular complexity index is 548. The maximum Gasteiger partial charge on any atom is 0.226 e. The summed E-state index contributed by atoms with van der Waals surface area (Å²) < 4.78 is 5.26. The van der Waals surface area contributed by atoms with Gasteiger partial charge in [0, 0.05) is 18.2 Å². The number of hydrogen-bond acceptors (Lipinski definition) is 4. The molecule has 108 valence electrons. The molecule has 0 spiro atoms. The highest BCUT2D eigenvalue weighted by Gasteiger charge is 2.16. The van der Waals surface area contributed by atoms with Gasteiger partial charge in [0.1, 0.15) is 0 Å². The molecule has 0 aliphatic rings. The third kappa shape index (κ3) is 3.38. The Hall–Kier alpha value is -1.84. The first kappa shape index (κ1) is 14.6. The van der Waals surface area contributed by atoms with Gasteiger partial charge in [-0.25, -0.2) is 0 Å². The molecule has 1 aromatic heterocycles. The lowest BCUT2D eigenvalue weighted by molar-refractivity contribution is 0.371. The van der Waals surface area contributed by atoms with Crippen LogP contribution < -0.4 is 4.90 Å². The summed E-state index contributed by atoms with van der Waals surface area (Å²) in [6.45, 7) is 9.27. The molecule has 1 heterocycles. The van der Waals surface area contributed by atoms with Crippen molar-refractivity contribution in [2.75, 3.05) is 4.90 Å². The first-order valence-electron chi connectivity index (χ1n) is 7.25. The van der Waals surface area contributed by atoms with E-state index in [0.29, 0.717) is 12.6 Å². The highest BCUT2D eigenvalue weighted by Crippen LogP contribution is 2.23. The van der Waals surface area contributed by atoms with Gasteiger partial charge >= 0.3 is 0 Å². The van der Waals surface area contributed by atoms with Gasteiger partial charge in [-0.2, -0.15) is 4.98 Å². The van der Waals surface area contributed by atoms with Gasteiger partial charge in [-0.15, -0.1) is 0 Å². The van der Waals surface area contributed by atoms with E-state index in [2.05, 4.69) is 67.0 Å². The second kappa shape index (κ2) is 6.55. The normalized spacial score (nSPS) is 11.1. The fraction of sp³-hybridized carbons (Fsp3) is 0.500. The molecule has 2 aromatic rings. The molecule has 4 nitrogen and oxygen atoms in total. The van der Waals surface area contributed by atoms with Crippen molar-refractivity contribution < 1.29 is 4.52 Å². The number of para-hydroxylation sites is 1. The number of rotatable bonds is 6. The maximum atomic E-state index is 5.26. The van der Waals surface area contributed by atoms with Gasteiger partial charge in [-0.1, -0.05) is 30.3 Å². The lowest BCUT2D eigenvalue weighted by Gasteiger charge is -2.29. The molecule has 0 unspecified atom stereocenters. The lowest BCUT2D eigenvalue weighted by Crippen LogP contribution is -2.31. The molecule has 0 amide bonds. The van der Waals surface area contributed by atoms with Crippen molar-refractivity contribution in [3.05, 3.63) is 41.5 Å². The van der Waals surface area contributed by atoms with Crippen LogP contribution in [0.5, 0.6) is 0 Å². The first-order chi connectivity index (χ1) is 9.61. The molecule has 0 aliphatic carbocycles. The average molecular weight is 273 g/mol. The van der Waals surface area contributed by atoms with E-state index < -0.39 is 0 Å². The Labute approximate surface area is 120 Å². The SMILES string of the molecule is CCCc1nc(CN(c2ccccc2C)C(C)C)no1. The Morgan fingerprint density at radius 3 is 2.65 bits per heavy atom. The topological polar surface area (TPSA) is 42.2 Å². The van der Waals surface area contributed by atoms with Crippen molar-refractivity contribution in [3.63, 3.8) is 0 Å². The number of nitrogens with zero attached hydrogens (tertiary/aromatic N) is 3. The molecule has 1 aromatic carbocycles. The zero-order valence-electron chi connectivity index (χ0n) is 12.8. The van der Waals surface area contributed by atoms with Gasteiger partial charge < -0.3 is 9.42 Å². The van der Waals surface area contributed by atoms with E-state index in [1.54, 1.807) is 0 Å². The summed E-state index contributed by atoms with van der Waals surface area (Å²) in [4.78, 5) is 6.76. The summed E-state index contributed by atoms with van der Waals surface area (Å²) in [7, 11) is 0. The second-order valence-electron chi connectivity index (χ2n) is 5.36. The Kier molecular flexibility index (Phi) is 4.77. The summed E-state index contributed by atoms with van der Waals surface area (Å²) >= 11 is 0. The summed E-state index contributed by atoms with van der Waals surface area (Å²) in [5, 5.41) is 4.08. The average Bonchev–Trinajstić information content (AvgIpc) is 2.85. The smallest absolute Gasteiger partial charge is 0.226 e. The van der Waals surface area contributed by atoms with Crippen LogP contribution >= 0.6 is 0 Å². The monoisotopic (exact) mass is 273 g/mol. The molecule has 0 N–H and O–H groups in total. The second-order valence-corrected chi connectivity index (χ2v) is 5.36. The van der Waals surface area contributed by atoms with Crippen molar-refractivity contribution >= 4 is 5.69 Å². The maximum absolute atomic E-state index is 5.26. The number of aryl methyl sites for hydroxylation is 2. The molecule has 0 saturated heterocycles. The molecule has 0 aliphatic heterocycles. The fourth-order valence-corrected chi connectivity index (χ4v) is 2.25. The van der Waals surface area contributed by atoms with Crippen LogP contribution in [0.1, 0.15) is 44.5 Å². The van der Waals surface area contributed by atoms with E-state index in [1.165, 1.54) is 11.3 Å². The van der Waals surface area contributed by atoms with Gasteiger partial charge in [0.15, 0.2) is 5.82 Å². The summed E-state index contributed by atoms with van der Waals surface area (Å²) in [5.41, 5.74) is 2.49. The molecule has 0 saturated carbocycles. The fourth-order valence-electron chi connectivity index (χ4n) is 2.25. The molecule has 4 heteroatoms. The Morgan fingerprint density at radius 1 is 1.25 bits per heavy atom. The van der Waals surface area contributed by atoms with Crippen LogP contribution in [0.2, 0.25) is 0 Å². The van der Waals surface area contributed by atoms with Gasteiger partial charge in [0.05, 0.1) is 6.54 Å². The quantitative estimate of drug-likeness (QED) is 0.804. The van der Waals surface area contributed by atoms with E-state index >= 15 is 0 Å². The standard InChI is InChI=1S/C16H23N3O/c1-5-8-16-17-15(18-20-16)11-19(12(2)3)14-10-7-6-9-13(14)4/h6-7,9-10,12H,5,8,11H2,1-4H3. The molecular formula is C16H23N3O. The predicted octanol–water partition coefficient (Wildman–Crippen LogP) is 3.75. The van der Waals surface area contributed by atoms with Crippen LogP contribution in [-0.4, -0.2) is 16.2 Å². The van der Waals surface area contributed by atoms with E-state index in [0.717, 1.165) is 24.6 Å². The van der Waals surface area contributed by atoms with Crippen molar-refractivity contribution in [1.29, 1.82) is 0 Å². The third-order valence-electron chi connectivity index (χ3n) is 3.33. The van der Waals surface area contributed by atoms with Crippen LogP contribution in [0.25, 0.3) is 0 Å². The zero-order valence-corrected chi connectivity index (χ0v) is 12.8. The highest BCUT2D eigenvalue weighted by molar-refractivity contribution is 5.53. The van der Waals surface area contributed by atoms with Gasteiger partial charge in [-0.05, 0) is 38.8 Å². The first-order valence-corrected chi connectivity index (χ1v) is 7.25. The largest absolute Gasteiger partial charge is 0.361 e. The highest BCUT2D eigenvalue weighted by atomic mass is 16.5. The Balaban J connectivity index is 2.19. The molecule has 0 bridgehead atoms. The number of hydrogen-bond donors (Lipinski definition) is 0.